The average molecular weight is 399 g/mol. The Morgan fingerprint density at radius 2 is 1.50 bits per heavy atom. The summed E-state index contributed by atoms with van der Waals surface area (Å²) in [5, 5.41) is 5.66. The van der Waals surface area contributed by atoms with Crippen LogP contribution in [0.1, 0.15) is 54.4 Å². The van der Waals surface area contributed by atoms with Gasteiger partial charge in [-0.3, -0.25) is 14.5 Å². The van der Waals surface area contributed by atoms with Crippen LogP contribution < -0.4 is 10.6 Å². The minimum atomic E-state index is -0.470. The lowest BCUT2D eigenvalue weighted by Crippen LogP contribution is -2.50. The van der Waals surface area contributed by atoms with E-state index in [4.69, 9.17) is 4.74 Å². The fourth-order valence-electron chi connectivity index (χ4n) is 2.65. The molecule has 0 spiro atoms. The molecule has 1 aliphatic rings. The number of amides is 3. The number of rotatable bonds is 7. The van der Waals surface area contributed by atoms with Crippen molar-refractivity contribution in [2.75, 3.05) is 45.8 Å². The predicted molar refractivity (Wildman–Crippen MR) is 109 cm³/mol. The number of nitrogens with zero attached hydrogens (tertiary/aromatic N) is 2. The Kier molecular flexibility index (Phi) is 9.20. The molecule has 1 heterocycles. The van der Waals surface area contributed by atoms with Gasteiger partial charge in [-0.25, -0.2) is 4.79 Å². The summed E-state index contributed by atoms with van der Waals surface area (Å²) < 4.78 is 5.40. The fourth-order valence-corrected chi connectivity index (χ4v) is 2.65. The van der Waals surface area contributed by atoms with E-state index in [1.807, 2.05) is 41.5 Å². The third-order valence-corrected chi connectivity index (χ3v) is 4.32. The first-order valence-corrected chi connectivity index (χ1v) is 10.1. The van der Waals surface area contributed by atoms with Crippen LogP contribution >= 0.6 is 0 Å². The van der Waals surface area contributed by atoms with Crippen molar-refractivity contribution < 1.29 is 19.1 Å². The monoisotopic (exact) mass is 398 g/mol. The minimum Gasteiger partial charge on any atom is -0.444 e. The van der Waals surface area contributed by atoms with E-state index in [9.17, 15) is 14.4 Å². The molecule has 2 N–H and O–H groups in total. The molecule has 3 amide bonds. The van der Waals surface area contributed by atoms with E-state index in [2.05, 4.69) is 15.5 Å². The summed E-state index contributed by atoms with van der Waals surface area (Å²) in [4.78, 5) is 39.6. The van der Waals surface area contributed by atoms with Gasteiger partial charge in [0.05, 0.1) is 0 Å². The minimum absolute atomic E-state index is 0.0502. The van der Waals surface area contributed by atoms with E-state index in [1.54, 1.807) is 4.90 Å². The van der Waals surface area contributed by atoms with Crippen LogP contribution in [0, 0.1) is 5.41 Å². The van der Waals surface area contributed by atoms with Crippen molar-refractivity contribution >= 4 is 17.9 Å². The molecule has 0 aromatic rings. The maximum absolute atomic E-state index is 12.1. The molecule has 0 atom stereocenters. The second kappa shape index (κ2) is 10.6. The highest BCUT2D eigenvalue weighted by atomic mass is 16.6. The molecule has 1 rings (SSSR count). The Bertz CT molecular complexity index is 529. The number of carbonyl (C=O) groups is 3. The summed E-state index contributed by atoms with van der Waals surface area (Å²) in [6, 6.07) is 0. The van der Waals surface area contributed by atoms with E-state index >= 15 is 0 Å². The maximum Gasteiger partial charge on any atom is 0.410 e. The average Bonchev–Trinajstić information content (AvgIpc) is 2.56. The quantitative estimate of drug-likeness (QED) is 0.636. The number of nitrogens with one attached hydrogen (secondary N) is 2. The van der Waals surface area contributed by atoms with Crippen molar-refractivity contribution in [3.05, 3.63) is 0 Å². The van der Waals surface area contributed by atoms with Crippen molar-refractivity contribution in [2.45, 2.75) is 60.0 Å². The predicted octanol–water partition coefficient (Wildman–Crippen LogP) is 1.60. The molecular formula is C20H38N4O4. The van der Waals surface area contributed by atoms with Crippen molar-refractivity contribution in [1.82, 2.24) is 20.4 Å². The molecule has 0 aliphatic carbocycles. The summed E-state index contributed by atoms with van der Waals surface area (Å²) >= 11 is 0. The van der Waals surface area contributed by atoms with Gasteiger partial charge < -0.3 is 20.3 Å². The summed E-state index contributed by atoms with van der Waals surface area (Å²) in [7, 11) is 0. The molecule has 28 heavy (non-hydrogen) atoms. The highest BCUT2D eigenvalue weighted by Crippen LogP contribution is 2.12. The second-order valence-corrected chi connectivity index (χ2v) is 9.27. The zero-order valence-electron chi connectivity index (χ0n) is 18.4. The first-order chi connectivity index (χ1) is 12.9. The van der Waals surface area contributed by atoms with Gasteiger partial charge in [0.1, 0.15) is 5.60 Å². The topological polar surface area (TPSA) is 91.0 Å². The summed E-state index contributed by atoms with van der Waals surface area (Å²) in [5.41, 5.74) is -0.911. The van der Waals surface area contributed by atoms with Gasteiger partial charge in [0.15, 0.2) is 0 Å². The Morgan fingerprint density at radius 1 is 0.893 bits per heavy atom. The van der Waals surface area contributed by atoms with Crippen LogP contribution in [-0.2, 0) is 14.3 Å². The molecule has 1 saturated heterocycles. The maximum atomic E-state index is 12.1. The van der Waals surface area contributed by atoms with Gasteiger partial charge in [0.25, 0.3) is 0 Å². The lowest BCUT2D eigenvalue weighted by molar-refractivity contribution is -0.128. The van der Waals surface area contributed by atoms with Crippen LogP contribution in [0.25, 0.3) is 0 Å². The summed E-state index contributed by atoms with van der Waals surface area (Å²) in [5.74, 6) is -0.102. The van der Waals surface area contributed by atoms with Crippen molar-refractivity contribution in [3.8, 4) is 0 Å². The molecule has 1 fully saturated rings. The molecule has 0 saturated carbocycles. The van der Waals surface area contributed by atoms with E-state index in [1.165, 1.54) is 0 Å². The number of carbonyl (C=O) groups excluding carboxylic acids is 3. The molecule has 162 valence electrons. The Morgan fingerprint density at radius 3 is 2.04 bits per heavy atom. The van der Waals surface area contributed by atoms with Crippen LogP contribution in [0.2, 0.25) is 0 Å². The molecule has 0 bridgehead atoms. The van der Waals surface area contributed by atoms with Gasteiger partial charge >= 0.3 is 6.09 Å². The molecule has 8 heteroatoms. The largest absolute Gasteiger partial charge is 0.444 e. The highest BCUT2D eigenvalue weighted by molar-refractivity contribution is 5.82. The summed E-state index contributed by atoms with van der Waals surface area (Å²) in [6.45, 7) is 15.9. The zero-order valence-corrected chi connectivity index (χ0v) is 18.4. The SMILES string of the molecule is CC(C)(C)OC(=O)N1CCN(CCCNC(=O)CCNC(=O)C(C)(C)C)CC1. The molecule has 0 aromatic carbocycles. The van der Waals surface area contributed by atoms with Crippen molar-refractivity contribution in [1.29, 1.82) is 0 Å². The van der Waals surface area contributed by atoms with Crippen LogP contribution in [0.3, 0.4) is 0 Å². The number of piperazine rings is 1. The Balaban J connectivity index is 2.11. The molecule has 0 aromatic heterocycles. The highest BCUT2D eigenvalue weighted by Gasteiger charge is 2.25. The van der Waals surface area contributed by atoms with Gasteiger partial charge in [-0.15, -0.1) is 0 Å². The van der Waals surface area contributed by atoms with Crippen molar-refractivity contribution in [2.24, 2.45) is 5.41 Å². The smallest absolute Gasteiger partial charge is 0.410 e. The van der Waals surface area contributed by atoms with Gasteiger partial charge in [-0.2, -0.15) is 0 Å². The molecule has 1 aliphatic heterocycles. The first-order valence-electron chi connectivity index (χ1n) is 10.1. The zero-order chi connectivity index (χ0) is 21.4. The Labute approximate surface area is 169 Å². The summed E-state index contributed by atoms with van der Waals surface area (Å²) in [6.07, 6.45) is 0.890. The van der Waals surface area contributed by atoms with E-state index in [0.717, 1.165) is 26.1 Å². The van der Waals surface area contributed by atoms with Crippen molar-refractivity contribution in [3.63, 3.8) is 0 Å². The third kappa shape index (κ3) is 9.92. The van der Waals surface area contributed by atoms with E-state index in [0.29, 0.717) is 26.2 Å². The van der Waals surface area contributed by atoms with Crippen LogP contribution in [0.15, 0.2) is 0 Å². The van der Waals surface area contributed by atoms with Gasteiger partial charge in [0.2, 0.25) is 11.8 Å². The van der Waals surface area contributed by atoms with E-state index in [-0.39, 0.29) is 24.3 Å². The number of hydrogen-bond acceptors (Lipinski definition) is 5. The van der Waals surface area contributed by atoms with Gasteiger partial charge in [-0.05, 0) is 33.7 Å². The van der Waals surface area contributed by atoms with Gasteiger partial charge in [-0.1, -0.05) is 20.8 Å². The van der Waals surface area contributed by atoms with Crippen LogP contribution in [0.5, 0.6) is 0 Å². The molecule has 0 unspecified atom stereocenters. The Hall–Kier alpha value is -1.83. The lowest BCUT2D eigenvalue weighted by Gasteiger charge is -2.35. The lowest BCUT2D eigenvalue weighted by atomic mass is 9.96. The third-order valence-electron chi connectivity index (χ3n) is 4.32. The molecular weight excluding hydrogens is 360 g/mol. The van der Waals surface area contributed by atoms with Crippen LogP contribution in [0.4, 0.5) is 4.79 Å². The first kappa shape index (κ1) is 24.2. The molecule has 0 radical (unpaired) electrons. The van der Waals surface area contributed by atoms with Crippen LogP contribution in [-0.4, -0.2) is 79.1 Å². The number of hydrogen-bond donors (Lipinski definition) is 2. The fraction of sp³-hybridized carbons (Fsp3) is 0.850. The number of ether oxygens (including phenoxy) is 1. The second-order valence-electron chi connectivity index (χ2n) is 9.27. The standard InChI is InChI=1S/C20H38N4O4/c1-19(2,3)17(26)22-10-8-16(25)21-9-7-11-23-12-14-24(15-13-23)18(27)28-20(4,5)6/h7-15H2,1-6H3,(H,21,25)(H,22,26). The molecule has 8 nitrogen and oxygen atoms in total. The van der Waals surface area contributed by atoms with E-state index < -0.39 is 11.0 Å². The normalized spacial score (nSPS) is 15.9. The van der Waals surface area contributed by atoms with Gasteiger partial charge in [0, 0.05) is 51.1 Å².